The first-order valence-corrected chi connectivity index (χ1v) is 8.71. The van der Waals surface area contributed by atoms with Crippen LogP contribution in [-0.2, 0) is 17.4 Å². The van der Waals surface area contributed by atoms with E-state index < -0.39 is 36.3 Å². The van der Waals surface area contributed by atoms with Crippen molar-refractivity contribution in [3.8, 4) is 5.75 Å². The number of anilines is 1. The smallest absolute Gasteiger partial charge is 0.416 e. The Morgan fingerprint density at radius 1 is 1.18 bits per heavy atom. The fourth-order valence-corrected chi connectivity index (χ4v) is 3.57. The largest absolute Gasteiger partial charge is 0.497 e. The molecule has 2 N–H and O–H groups in total. The zero-order valence-electron chi connectivity index (χ0n) is 15.1. The molecule has 3 rings (SSSR count). The van der Waals surface area contributed by atoms with Gasteiger partial charge in [-0.25, -0.2) is 0 Å². The van der Waals surface area contributed by atoms with Crippen molar-refractivity contribution >= 4 is 11.6 Å². The molecule has 28 heavy (non-hydrogen) atoms. The summed E-state index contributed by atoms with van der Waals surface area (Å²) < 4.78 is 45.9. The number of hydrogen-bond donors (Lipinski definition) is 2. The Hall–Kier alpha value is -2.58. The third-order valence-electron chi connectivity index (χ3n) is 4.94. The van der Waals surface area contributed by atoms with E-state index in [0.717, 1.165) is 11.0 Å². The summed E-state index contributed by atoms with van der Waals surface area (Å²) >= 11 is 0. The lowest BCUT2D eigenvalue weighted by atomic mass is 9.86. The number of benzene rings is 2. The molecule has 0 bridgehead atoms. The minimum atomic E-state index is -4.61. The van der Waals surface area contributed by atoms with Crippen LogP contribution < -0.4 is 9.64 Å². The highest BCUT2D eigenvalue weighted by molar-refractivity contribution is 5.99. The van der Waals surface area contributed by atoms with E-state index in [1.54, 1.807) is 24.3 Å². The molecule has 0 saturated carbocycles. The van der Waals surface area contributed by atoms with Crippen molar-refractivity contribution in [1.82, 2.24) is 0 Å². The van der Waals surface area contributed by atoms with Gasteiger partial charge in [-0.15, -0.1) is 0 Å². The number of aliphatic hydroxyl groups excluding tert-OH is 2. The van der Waals surface area contributed by atoms with E-state index in [0.29, 0.717) is 11.3 Å². The van der Waals surface area contributed by atoms with Gasteiger partial charge in [0.2, 0.25) is 0 Å². The summed E-state index contributed by atoms with van der Waals surface area (Å²) in [6.45, 7) is -0.652. The first kappa shape index (κ1) is 20.2. The Morgan fingerprint density at radius 2 is 1.86 bits per heavy atom. The lowest BCUT2D eigenvalue weighted by Gasteiger charge is -2.25. The molecule has 2 aromatic rings. The summed E-state index contributed by atoms with van der Waals surface area (Å²) in [5.74, 6) is -1.06. The third kappa shape index (κ3) is 3.70. The highest BCUT2D eigenvalue weighted by Gasteiger charge is 2.41. The first-order valence-electron chi connectivity index (χ1n) is 8.71. The Morgan fingerprint density at radius 3 is 2.43 bits per heavy atom. The quantitative estimate of drug-likeness (QED) is 0.835. The van der Waals surface area contributed by atoms with E-state index in [4.69, 9.17) is 4.74 Å². The maximum atomic E-state index is 13.6. The molecule has 0 unspecified atom stereocenters. The van der Waals surface area contributed by atoms with E-state index in [1.807, 2.05) is 0 Å². The second-order valence-electron chi connectivity index (χ2n) is 6.54. The van der Waals surface area contributed by atoms with Gasteiger partial charge in [0, 0.05) is 18.2 Å². The standard InChI is InChI=1S/C20H20F3NO4/c1-28-13-7-5-12(6-8-13)14-11-15-16(20(21,22)23)3-2-4-17(15)24(9-10-25)19(27)18(14)26/h2-8,14,18,25-26H,9-11H2,1H3/t14-,18+/m0/s1. The molecule has 5 nitrogen and oxygen atoms in total. The summed E-state index contributed by atoms with van der Waals surface area (Å²) in [5.41, 5.74) is -0.345. The number of carbonyl (C=O) groups is 1. The molecule has 1 aliphatic rings. The van der Waals surface area contributed by atoms with Crippen molar-refractivity contribution < 1.29 is 32.9 Å². The van der Waals surface area contributed by atoms with Crippen LogP contribution in [0.25, 0.3) is 0 Å². The van der Waals surface area contributed by atoms with Crippen molar-refractivity contribution in [3.63, 3.8) is 0 Å². The van der Waals surface area contributed by atoms with Crippen molar-refractivity contribution in [3.05, 3.63) is 59.2 Å². The molecular formula is C20H20F3NO4. The van der Waals surface area contributed by atoms with Crippen LogP contribution in [0.1, 0.15) is 22.6 Å². The summed E-state index contributed by atoms with van der Waals surface area (Å²) in [7, 11) is 1.48. The Kier molecular flexibility index (Phi) is 5.62. The maximum absolute atomic E-state index is 13.6. The van der Waals surface area contributed by atoms with Crippen LogP contribution in [-0.4, -0.2) is 42.5 Å². The van der Waals surface area contributed by atoms with Gasteiger partial charge in [0.15, 0.2) is 0 Å². The fourth-order valence-electron chi connectivity index (χ4n) is 3.57. The van der Waals surface area contributed by atoms with E-state index >= 15 is 0 Å². The molecule has 2 atom stereocenters. The molecule has 0 aromatic heterocycles. The lowest BCUT2D eigenvalue weighted by Crippen LogP contribution is -2.42. The van der Waals surface area contributed by atoms with Gasteiger partial charge in [0.05, 0.1) is 19.3 Å². The number of alkyl halides is 3. The Labute approximate surface area is 160 Å². The van der Waals surface area contributed by atoms with E-state index in [2.05, 4.69) is 0 Å². The number of nitrogens with zero attached hydrogens (tertiary/aromatic N) is 1. The topological polar surface area (TPSA) is 70.0 Å². The second kappa shape index (κ2) is 7.81. The molecular weight excluding hydrogens is 375 g/mol. The predicted molar refractivity (Wildman–Crippen MR) is 96.3 cm³/mol. The summed E-state index contributed by atoms with van der Waals surface area (Å²) in [6.07, 6.45) is -6.33. The number of rotatable bonds is 4. The number of amides is 1. The number of β-amino-alcohol motifs (C(OH)–C–C–N with tert-alkyl or cyclic N) is 1. The normalized spacial score (nSPS) is 19.9. The molecule has 0 radical (unpaired) electrons. The van der Waals surface area contributed by atoms with Gasteiger partial charge in [-0.2, -0.15) is 13.2 Å². The Balaban J connectivity index is 2.15. The Bertz CT molecular complexity index is 852. The number of fused-ring (bicyclic) bond motifs is 1. The van der Waals surface area contributed by atoms with Crippen LogP contribution in [0.3, 0.4) is 0 Å². The minimum Gasteiger partial charge on any atom is -0.497 e. The molecule has 0 spiro atoms. The van der Waals surface area contributed by atoms with Crippen LogP contribution in [0.5, 0.6) is 5.75 Å². The summed E-state index contributed by atoms with van der Waals surface area (Å²) in [5, 5.41) is 20.0. The van der Waals surface area contributed by atoms with Crippen LogP contribution >= 0.6 is 0 Å². The van der Waals surface area contributed by atoms with Crippen LogP contribution in [0, 0.1) is 0 Å². The number of hydrogen-bond acceptors (Lipinski definition) is 4. The average molecular weight is 395 g/mol. The monoisotopic (exact) mass is 395 g/mol. The van der Waals surface area contributed by atoms with E-state index in [1.165, 1.54) is 19.2 Å². The number of ether oxygens (including phenoxy) is 1. The fraction of sp³-hybridized carbons (Fsp3) is 0.350. The highest BCUT2D eigenvalue weighted by Crippen LogP contribution is 2.42. The number of methoxy groups -OCH3 is 1. The zero-order chi connectivity index (χ0) is 20.5. The predicted octanol–water partition coefficient (Wildman–Crippen LogP) is 2.74. The lowest BCUT2D eigenvalue weighted by molar-refractivity contribution is -0.138. The minimum absolute atomic E-state index is 0.0592. The molecule has 0 saturated heterocycles. The van der Waals surface area contributed by atoms with E-state index in [9.17, 15) is 28.2 Å². The van der Waals surface area contributed by atoms with Gasteiger partial charge in [0.1, 0.15) is 11.9 Å². The van der Waals surface area contributed by atoms with Crippen molar-refractivity contribution in [2.24, 2.45) is 0 Å². The van der Waals surface area contributed by atoms with Gasteiger partial charge in [-0.05, 0) is 41.8 Å². The van der Waals surface area contributed by atoms with Gasteiger partial charge in [0.25, 0.3) is 5.91 Å². The van der Waals surface area contributed by atoms with Gasteiger partial charge in [-0.1, -0.05) is 18.2 Å². The van der Waals surface area contributed by atoms with Gasteiger partial charge >= 0.3 is 6.18 Å². The van der Waals surface area contributed by atoms with Crippen molar-refractivity contribution in [2.45, 2.75) is 24.6 Å². The SMILES string of the molecule is COc1ccc([C@@H]2Cc3c(cccc3C(F)(F)F)N(CCO)C(=O)[C@@H]2O)cc1. The van der Waals surface area contributed by atoms with Crippen molar-refractivity contribution in [2.75, 3.05) is 25.2 Å². The summed E-state index contributed by atoms with van der Waals surface area (Å²) in [6, 6.07) is 10.1. The number of halogens is 3. The zero-order valence-corrected chi connectivity index (χ0v) is 15.1. The summed E-state index contributed by atoms with van der Waals surface area (Å²) in [4.78, 5) is 13.9. The molecule has 0 fully saturated rings. The molecule has 1 aliphatic heterocycles. The molecule has 8 heteroatoms. The van der Waals surface area contributed by atoms with Crippen LogP contribution in [0.15, 0.2) is 42.5 Å². The molecule has 150 valence electrons. The molecule has 1 amide bonds. The van der Waals surface area contributed by atoms with Gasteiger partial charge < -0.3 is 19.8 Å². The molecule has 0 aliphatic carbocycles. The van der Waals surface area contributed by atoms with Crippen molar-refractivity contribution in [1.29, 1.82) is 0 Å². The highest BCUT2D eigenvalue weighted by atomic mass is 19.4. The number of carbonyl (C=O) groups excluding carboxylic acids is 1. The first-order chi connectivity index (χ1) is 13.3. The van der Waals surface area contributed by atoms with E-state index in [-0.39, 0.29) is 24.2 Å². The third-order valence-corrected chi connectivity index (χ3v) is 4.94. The van der Waals surface area contributed by atoms with Gasteiger partial charge in [-0.3, -0.25) is 4.79 Å². The van der Waals surface area contributed by atoms with Crippen LogP contribution in [0.2, 0.25) is 0 Å². The second-order valence-corrected chi connectivity index (χ2v) is 6.54. The average Bonchev–Trinajstić information content (AvgIpc) is 2.78. The maximum Gasteiger partial charge on any atom is 0.416 e. The molecule has 2 aromatic carbocycles. The van der Waals surface area contributed by atoms with Crippen LogP contribution in [0.4, 0.5) is 18.9 Å². The number of aliphatic hydroxyl groups is 2. The molecule has 1 heterocycles.